The Morgan fingerprint density at radius 1 is 1.00 bits per heavy atom. The van der Waals surface area contributed by atoms with Crippen LogP contribution >= 0.6 is 23.1 Å². The normalized spacial score (nSPS) is 12.9. The highest BCUT2D eigenvalue weighted by Crippen LogP contribution is 2.29. The molecule has 0 saturated heterocycles. The van der Waals surface area contributed by atoms with Crippen LogP contribution in [0.15, 0.2) is 77.3 Å². The molecule has 0 spiro atoms. The van der Waals surface area contributed by atoms with Crippen LogP contribution in [-0.2, 0) is 17.6 Å². The average molecular weight is 433 g/mol. The van der Waals surface area contributed by atoms with Gasteiger partial charge >= 0.3 is 0 Å². The van der Waals surface area contributed by atoms with Crippen molar-refractivity contribution in [3.63, 3.8) is 0 Å². The zero-order valence-electron chi connectivity index (χ0n) is 16.3. The van der Waals surface area contributed by atoms with Gasteiger partial charge in [-0.25, -0.2) is 0 Å². The number of amides is 1. The molecule has 30 heavy (non-hydrogen) atoms. The molecule has 0 aliphatic carbocycles. The van der Waals surface area contributed by atoms with Crippen molar-refractivity contribution >= 4 is 34.7 Å². The summed E-state index contributed by atoms with van der Waals surface area (Å²) in [7, 11) is 0. The lowest BCUT2D eigenvalue weighted by atomic mass is 10.2. The maximum absolute atomic E-state index is 12.9. The third-order valence-electron chi connectivity index (χ3n) is 5.14. The molecule has 150 valence electrons. The molecule has 2 aromatic carbocycles. The molecule has 0 atom stereocenters. The Bertz CT molecular complexity index is 1160. The summed E-state index contributed by atoms with van der Waals surface area (Å²) in [5.74, 6) is 1.32. The number of hydrogen-bond acceptors (Lipinski definition) is 5. The standard InChI is InChI=1S/C23H20N4OS2/c28-22(26-13-12-17-7-4-5-11-20(17)26)16-30-23-25-24-21(15-19-10-6-14-29-19)27(23)18-8-2-1-3-9-18/h1-11,14H,12-13,15-16H2. The predicted molar refractivity (Wildman–Crippen MR) is 122 cm³/mol. The van der Waals surface area contributed by atoms with Crippen LogP contribution in [0.4, 0.5) is 5.69 Å². The van der Waals surface area contributed by atoms with Gasteiger partial charge in [0.05, 0.1) is 5.75 Å². The van der Waals surface area contributed by atoms with Gasteiger partial charge in [-0.2, -0.15) is 0 Å². The van der Waals surface area contributed by atoms with Crippen molar-refractivity contribution < 1.29 is 4.79 Å². The van der Waals surface area contributed by atoms with E-state index in [-0.39, 0.29) is 5.91 Å². The maximum atomic E-state index is 12.9. The number of rotatable bonds is 6. The van der Waals surface area contributed by atoms with Gasteiger partial charge in [-0.3, -0.25) is 9.36 Å². The number of carbonyl (C=O) groups is 1. The number of nitrogens with zero attached hydrogens (tertiary/aromatic N) is 4. The number of fused-ring (bicyclic) bond motifs is 1. The van der Waals surface area contributed by atoms with E-state index in [1.165, 1.54) is 22.2 Å². The van der Waals surface area contributed by atoms with Gasteiger partial charge in [0, 0.05) is 29.2 Å². The van der Waals surface area contributed by atoms with Crippen molar-refractivity contribution in [3.8, 4) is 5.69 Å². The van der Waals surface area contributed by atoms with Crippen molar-refractivity contribution in [1.29, 1.82) is 0 Å². The molecule has 0 fully saturated rings. The Hall–Kier alpha value is -2.90. The van der Waals surface area contributed by atoms with Crippen LogP contribution in [0.25, 0.3) is 5.69 Å². The molecule has 1 amide bonds. The minimum atomic E-state index is 0.104. The summed E-state index contributed by atoms with van der Waals surface area (Å²) >= 11 is 3.16. The fourth-order valence-corrected chi connectivity index (χ4v) is 5.26. The lowest BCUT2D eigenvalue weighted by molar-refractivity contribution is -0.116. The van der Waals surface area contributed by atoms with Crippen molar-refractivity contribution in [3.05, 3.63) is 88.4 Å². The van der Waals surface area contributed by atoms with Gasteiger partial charge in [-0.05, 0) is 41.6 Å². The predicted octanol–water partition coefficient (Wildman–Crippen LogP) is 4.60. The summed E-state index contributed by atoms with van der Waals surface area (Å²) in [5, 5.41) is 11.7. The van der Waals surface area contributed by atoms with E-state index in [1.807, 2.05) is 59.5 Å². The molecule has 7 heteroatoms. The van der Waals surface area contributed by atoms with Gasteiger partial charge in [-0.1, -0.05) is 54.2 Å². The summed E-state index contributed by atoms with van der Waals surface area (Å²) in [6.45, 7) is 0.744. The van der Waals surface area contributed by atoms with E-state index < -0.39 is 0 Å². The highest BCUT2D eigenvalue weighted by Gasteiger charge is 2.25. The Kier molecular flexibility index (Phi) is 5.38. The second-order valence-corrected chi connectivity index (χ2v) is 9.01. The molecule has 2 aromatic heterocycles. The van der Waals surface area contributed by atoms with Gasteiger partial charge in [0.15, 0.2) is 5.16 Å². The molecule has 1 aliphatic rings. The highest BCUT2D eigenvalue weighted by molar-refractivity contribution is 7.99. The smallest absolute Gasteiger partial charge is 0.237 e. The molecule has 0 unspecified atom stereocenters. The SMILES string of the molecule is O=C(CSc1nnc(Cc2cccs2)n1-c1ccccc1)N1CCc2ccccc21. The average Bonchev–Trinajstić information content (AvgIpc) is 3.53. The first-order valence-corrected chi connectivity index (χ1v) is 11.7. The van der Waals surface area contributed by atoms with Crippen LogP contribution in [0.5, 0.6) is 0 Å². The Morgan fingerprint density at radius 2 is 1.83 bits per heavy atom. The number of benzene rings is 2. The summed E-state index contributed by atoms with van der Waals surface area (Å²) < 4.78 is 2.07. The highest BCUT2D eigenvalue weighted by atomic mass is 32.2. The number of para-hydroxylation sites is 2. The molecular weight excluding hydrogens is 412 g/mol. The quantitative estimate of drug-likeness (QED) is 0.418. The largest absolute Gasteiger partial charge is 0.311 e. The third kappa shape index (κ3) is 3.78. The second kappa shape index (κ2) is 8.45. The van der Waals surface area contributed by atoms with Gasteiger partial charge < -0.3 is 4.90 Å². The Labute approximate surface area is 183 Å². The van der Waals surface area contributed by atoms with Gasteiger partial charge in [-0.15, -0.1) is 21.5 Å². The lowest BCUT2D eigenvalue weighted by Crippen LogP contribution is -2.30. The van der Waals surface area contributed by atoms with E-state index in [9.17, 15) is 4.79 Å². The first kappa shape index (κ1) is 19.1. The van der Waals surface area contributed by atoms with E-state index in [4.69, 9.17) is 0 Å². The van der Waals surface area contributed by atoms with Crippen molar-refractivity contribution in [2.45, 2.75) is 18.0 Å². The summed E-state index contributed by atoms with van der Waals surface area (Å²) in [5.41, 5.74) is 3.28. The van der Waals surface area contributed by atoms with E-state index in [1.54, 1.807) is 11.3 Å². The minimum Gasteiger partial charge on any atom is -0.311 e. The zero-order valence-corrected chi connectivity index (χ0v) is 17.9. The molecule has 4 aromatic rings. The number of thioether (sulfide) groups is 1. The molecule has 0 saturated carbocycles. The summed E-state index contributed by atoms with van der Waals surface area (Å²) in [6, 6.07) is 22.4. The monoisotopic (exact) mass is 432 g/mol. The van der Waals surface area contributed by atoms with E-state index in [2.05, 4.69) is 32.3 Å². The van der Waals surface area contributed by atoms with Crippen LogP contribution in [-0.4, -0.2) is 33.0 Å². The number of aromatic nitrogens is 3. The van der Waals surface area contributed by atoms with Crippen LogP contribution in [0, 0.1) is 0 Å². The van der Waals surface area contributed by atoms with Crippen molar-refractivity contribution in [2.24, 2.45) is 0 Å². The topological polar surface area (TPSA) is 51.0 Å². The van der Waals surface area contributed by atoms with E-state index in [0.717, 1.165) is 35.3 Å². The van der Waals surface area contributed by atoms with Crippen LogP contribution < -0.4 is 4.90 Å². The Balaban J connectivity index is 1.38. The zero-order chi connectivity index (χ0) is 20.3. The molecule has 0 N–H and O–H groups in total. The van der Waals surface area contributed by atoms with Crippen molar-refractivity contribution in [2.75, 3.05) is 17.2 Å². The maximum Gasteiger partial charge on any atom is 0.237 e. The molecule has 3 heterocycles. The van der Waals surface area contributed by atoms with Crippen molar-refractivity contribution in [1.82, 2.24) is 14.8 Å². The van der Waals surface area contributed by atoms with E-state index in [0.29, 0.717) is 12.2 Å². The number of thiophene rings is 1. The van der Waals surface area contributed by atoms with Crippen LogP contribution in [0.3, 0.4) is 0 Å². The molecule has 5 nitrogen and oxygen atoms in total. The van der Waals surface area contributed by atoms with Gasteiger partial charge in [0.1, 0.15) is 5.82 Å². The molecule has 0 radical (unpaired) electrons. The molecule has 5 rings (SSSR count). The molecule has 1 aliphatic heterocycles. The number of hydrogen-bond donors (Lipinski definition) is 0. The first-order chi connectivity index (χ1) is 14.8. The lowest BCUT2D eigenvalue weighted by Gasteiger charge is -2.17. The third-order valence-corrected chi connectivity index (χ3v) is 6.93. The fourth-order valence-electron chi connectivity index (χ4n) is 3.72. The molecule has 0 bridgehead atoms. The summed E-state index contributed by atoms with van der Waals surface area (Å²) in [6.07, 6.45) is 1.63. The summed E-state index contributed by atoms with van der Waals surface area (Å²) in [4.78, 5) is 16.1. The van der Waals surface area contributed by atoms with Crippen LogP contribution in [0.1, 0.15) is 16.3 Å². The second-order valence-electron chi connectivity index (χ2n) is 7.04. The van der Waals surface area contributed by atoms with Gasteiger partial charge in [0.25, 0.3) is 0 Å². The Morgan fingerprint density at radius 3 is 2.67 bits per heavy atom. The van der Waals surface area contributed by atoms with Crippen LogP contribution in [0.2, 0.25) is 0 Å². The van der Waals surface area contributed by atoms with Gasteiger partial charge in [0.2, 0.25) is 5.91 Å². The fraction of sp³-hybridized carbons (Fsp3) is 0.174. The number of anilines is 1. The first-order valence-electron chi connectivity index (χ1n) is 9.83. The van der Waals surface area contributed by atoms with E-state index >= 15 is 0 Å². The molecular formula is C23H20N4OS2. The number of carbonyl (C=O) groups excluding carboxylic acids is 1. The minimum absolute atomic E-state index is 0.104.